The molecule has 1 saturated heterocycles. The first kappa shape index (κ1) is 16.1. The van der Waals surface area contributed by atoms with Gasteiger partial charge in [0.2, 0.25) is 10.0 Å². The number of nitrogens with one attached hydrogen (secondary N) is 1. The first-order valence-corrected chi connectivity index (χ1v) is 8.67. The molecule has 118 valence electrons. The van der Waals surface area contributed by atoms with Crippen molar-refractivity contribution in [1.82, 2.24) is 4.90 Å². The van der Waals surface area contributed by atoms with Crippen LogP contribution in [0.1, 0.15) is 18.4 Å². The predicted octanol–water partition coefficient (Wildman–Crippen LogP) is 0.978. The topological polar surface area (TPSA) is 101 Å². The zero-order chi connectivity index (χ0) is 15.6. The van der Waals surface area contributed by atoms with Crippen LogP contribution in [-0.2, 0) is 10.0 Å². The lowest BCUT2D eigenvalue weighted by atomic mass is 9.98. The number of benzene rings is 1. The molecule has 1 heterocycles. The third-order valence-corrected chi connectivity index (χ3v) is 5.03. The van der Waals surface area contributed by atoms with Gasteiger partial charge in [0.05, 0.1) is 4.90 Å². The highest BCUT2D eigenvalue weighted by molar-refractivity contribution is 7.89. The molecule has 0 saturated carbocycles. The Labute approximate surface area is 126 Å². The quantitative estimate of drug-likeness (QED) is 0.719. The molecule has 1 fully saturated rings. The van der Waals surface area contributed by atoms with Crippen molar-refractivity contribution in [3.05, 3.63) is 17.7 Å². The molecule has 0 bridgehead atoms. The van der Waals surface area contributed by atoms with Gasteiger partial charge in [0.15, 0.2) is 0 Å². The summed E-state index contributed by atoms with van der Waals surface area (Å²) in [5.74, 6) is 0.558. The van der Waals surface area contributed by atoms with E-state index in [4.69, 9.17) is 10.9 Å². The number of rotatable bonds is 4. The Bertz CT molecular complexity index is 616. The minimum atomic E-state index is -3.76. The number of hydrogen-bond acceptors (Lipinski definition) is 5. The van der Waals surface area contributed by atoms with Crippen molar-refractivity contribution < 1.29 is 8.42 Å². The van der Waals surface area contributed by atoms with Crippen LogP contribution in [0.4, 0.5) is 11.4 Å². The van der Waals surface area contributed by atoms with Crippen molar-refractivity contribution in [2.45, 2.75) is 24.7 Å². The first-order valence-electron chi connectivity index (χ1n) is 7.12. The zero-order valence-electron chi connectivity index (χ0n) is 12.6. The molecular formula is C14H24N4O2S. The Morgan fingerprint density at radius 1 is 1.43 bits per heavy atom. The molecule has 0 aliphatic carbocycles. The average molecular weight is 312 g/mol. The van der Waals surface area contributed by atoms with E-state index < -0.39 is 10.0 Å². The zero-order valence-corrected chi connectivity index (χ0v) is 13.4. The first-order chi connectivity index (χ1) is 9.77. The lowest BCUT2D eigenvalue weighted by molar-refractivity contribution is 0.217. The summed E-state index contributed by atoms with van der Waals surface area (Å²) in [6.07, 6.45) is 2.38. The molecule has 2 rings (SSSR count). The minimum absolute atomic E-state index is 0.0887. The van der Waals surface area contributed by atoms with Crippen molar-refractivity contribution in [3.63, 3.8) is 0 Å². The van der Waals surface area contributed by atoms with Gasteiger partial charge in [-0.2, -0.15) is 0 Å². The Kier molecular flexibility index (Phi) is 4.75. The molecule has 1 aromatic rings. The average Bonchev–Trinajstić information content (AvgIpc) is 2.38. The van der Waals surface area contributed by atoms with Gasteiger partial charge in [-0.05, 0) is 57.0 Å². The van der Waals surface area contributed by atoms with Crippen LogP contribution < -0.4 is 16.2 Å². The van der Waals surface area contributed by atoms with Gasteiger partial charge in [0.1, 0.15) is 0 Å². The molecule has 21 heavy (non-hydrogen) atoms. The van der Waals surface area contributed by atoms with E-state index in [1.54, 1.807) is 13.0 Å². The third kappa shape index (κ3) is 4.09. The van der Waals surface area contributed by atoms with E-state index in [1.165, 1.54) is 18.9 Å². The summed E-state index contributed by atoms with van der Waals surface area (Å²) in [6, 6.07) is 3.17. The molecule has 0 aromatic heterocycles. The van der Waals surface area contributed by atoms with Gasteiger partial charge in [-0.3, -0.25) is 0 Å². The molecule has 1 unspecified atom stereocenters. The van der Waals surface area contributed by atoms with Gasteiger partial charge in [-0.15, -0.1) is 0 Å². The maximum atomic E-state index is 11.6. The van der Waals surface area contributed by atoms with Gasteiger partial charge < -0.3 is 16.0 Å². The van der Waals surface area contributed by atoms with E-state index in [-0.39, 0.29) is 4.90 Å². The number of hydrogen-bond donors (Lipinski definition) is 3. The van der Waals surface area contributed by atoms with Crippen molar-refractivity contribution in [1.29, 1.82) is 0 Å². The molecule has 6 nitrogen and oxygen atoms in total. The second-order valence-corrected chi connectivity index (χ2v) is 7.42. The van der Waals surface area contributed by atoms with Gasteiger partial charge in [-0.25, -0.2) is 13.6 Å². The monoisotopic (exact) mass is 312 g/mol. The molecular weight excluding hydrogens is 288 g/mol. The van der Waals surface area contributed by atoms with E-state index in [1.807, 2.05) is 0 Å². The van der Waals surface area contributed by atoms with Gasteiger partial charge in [0.25, 0.3) is 0 Å². The van der Waals surface area contributed by atoms with Gasteiger partial charge >= 0.3 is 0 Å². The maximum Gasteiger partial charge on any atom is 0.238 e. The van der Waals surface area contributed by atoms with Gasteiger partial charge in [-0.1, -0.05) is 0 Å². The molecule has 7 heteroatoms. The fourth-order valence-electron chi connectivity index (χ4n) is 2.88. The fraction of sp³-hybridized carbons (Fsp3) is 0.571. The molecule has 0 radical (unpaired) electrons. The number of nitrogens with two attached hydrogens (primary N) is 2. The van der Waals surface area contributed by atoms with Crippen LogP contribution in [-0.4, -0.2) is 40.0 Å². The Morgan fingerprint density at radius 2 is 2.14 bits per heavy atom. The van der Waals surface area contributed by atoms with E-state index in [9.17, 15) is 8.42 Å². The fourth-order valence-corrected chi connectivity index (χ4v) is 3.72. The number of sulfonamides is 1. The minimum Gasteiger partial charge on any atom is -0.399 e. The van der Waals surface area contributed by atoms with E-state index in [2.05, 4.69) is 17.3 Å². The molecule has 5 N–H and O–H groups in total. The van der Waals surface area contributed by atoms with Gasteiger partial charge in [0, 0.05) is 24.5 Å². The standard InChI is InChI=1S/C14H24N4O2S/c1-10-13(6-12(15)7-14(10)21(16,19)20)17-8-11-4-3-5-18(2)9-11/h6-7,11,17H,3-5,8-9,15H2,1-2H3,(H2,16,19,20). The van der Waals surface area contributed by atoms with E-state index in [0.717, 1.165) is 25.3 Å². The maximum absolute atomic E-state index is 11.6. The number of nitrogen functional groups attached to an aromatic ring is 1. The summed E-state index contributed by atoms with van der Waals surface area (Å²) >= 11 is 0. The van der Waals surface area contributed by atoms with Crippen LogP contribution in [0.5, 0.6) is 0 Å². The SMILES string of the molecule is Cc1c(NCC2CCCN(C)C2)cc(N)cc1S(N)(=O)=O. The second kappa shape index (κ2) is 6.21. The lowest BCUT2D eigenvalue weighted by Gasteiger charge is -2.30. The van der Waals surface area contributed by atoms with Crippen LogP contribution in [0, 0.1) is 12.8 Å². The number of anilines is 2. The van der Waals surface area contributed by atoms with Crippen LogP contribution in [0.25, 0.3) is 0 Å². The summed E-state index contributed by atoms with van der Waals surface area (Å²) in [7, 11) is -1.64. The molecule has 1 aliphatic heterocycles. The summed E-state index contributed by atoms with van der Waals surface area (Å²) in [6.45, 7) is 4.74. The normalized spacial score (nSPS) is 20.4. The third-order valence-electron chi connectivity index (χ3n) is 3.99. The van der Waals surface area contributed by atoms with Crippen molar-refractivity contribution in [2.75, 3.05) is 37.7 Å². The van der Waals surface area contributed by atoms with E-state index >= 15 is 0 Å². The van der Waals surface area contributed by atoms with Crippen molar-refractivity contribution in [2.24, 2.45) is 11.1 Å². The second-order valence-electron chi connectivity index (χ2n) is 5.89. The number of piperidine rings is 1. The number of primary sulfonamides is 1. The summed E-state index contributed by atoms with van der Waals surface area (Å²) < 4.78 is 23.2. The Balaban J connectivity index is 2.15. The highest BCUT2D eigenvalue weighted by Crippen LogP contribution is 2.27. The number of nitrogens with zero attached hydrogens (tertiary/aromatic N) is 1. The van der Waals surface area contributed by atoms with Crippen molar-refractivity contribution >= 4 is 21.4 Å². The Hall–Kier alpha value is -1.31. The van der Waals surface area contributed by atoms with Crippen LogP contribution in [0.3, 0.4) is 0 Å². The predicted molar refractivity (Wildman–Crippen MR) is 85.7 cm³/mol. The molecule has 0 amide bonds. The molecule has 0 spiro atoms. The summed E-state index contributed by atoms with van der Waals surface area (Å²) in [4.78, 5) is 2.41. The molecule has 1 atom stereocenters. The smallest absolute Gasteiger partial charge is 0.238 e. The van der Waals surface area contributed by atoms with Crippen LogP contribution in [0.2, 0.25) is 0 Å². The van der Waals surface area contributed by atoms with Crippen molar-refractivity contribution in [3.8, 4) is 0 Å². The molecule has 1 aromatic carbocycles. The van der Waals surface area contributed by atoms with Crippen LogP contribution in [0.15, 0.2) is 17.0 Å². The van der Waals surface area contributed by atoms with E-state index in [0.29, 0.717) is 17.2 Å². The van der Waals surface area contributed by atoms with Crippen LogP contribution >= 0.6 is 0 Å². The molecule has 1 aliphatic rings. The highest BCUT2D eigenvalue weighted by atomic mass is 32.2. The largest absolute Gasteiger partial charge is 0.399 e. The lowest BCUT2D eigenvalue weighted by Crippen LogP contribution is -2.35. The summed E-state index contributed by atoms with van der Waals surface area (Å²) in [5.41, 5.74) is 7.55. The Morgan fingerprint density at radius 3 is 2.76 bits per heavy atom. The summed E-state index contributed by atoms with van der Waals surface area (Å²) in [5, 5.41) is 8.56. The highest BCUT2D eigenvalue weighted by Gasteiger charge is 2.19. The number of likely N-dealkylation sites (tertiary alicyclic amines) is 1.